The third kappa shape index (κ3) is 3.81. The van der Waals surface area contributed by atoms with Gasteiger partial charge in [-0.1, -0.05) is 12.1 Å². The normalized spacial score (nSPS) is 15.7. The minimum Gasteiger partial charge on any atom is -0.497 e. The Morgan fingerprint density at radius 3 is 2.48 bits per heavy atom. The molecule has 2 amide bonds. The fourth-order valence-electron chi connectivity index (χ4n) is 3.05. The number of nitrogens with two attached hydrogens (primary N) is 1. The SMILES string of the molecule is [2H]C([2H])([2H])Oc1cccc(-c2cc(F)c(NC(=O)C3=C(C(N)=O)CCC3)c(F)c2)c1. The first-order chi connectivity index (χ1) is 14.0. The van der Waals surface area contributed by atoms with Crippen LogP contribution in [0.25, 0.3) is 11.1 Å². The molecule has 7 heteroatoms. The number of primary amides is 1. The highest BCUT2D eigenvalue weighted by Crippen LogP contribution is 2.31. The van der Waals surface area contributed by atoms with E-state index in [0.29, 0.717) is 24.8 Å². The van der Waals surface area contributed by atoms with Crippen molar-refractivity contribution in [2.24, 2.45) is 5.73 Å². The van der Waals surface area contributed by atoms with E-state index in [4.69, 9.17) is 14.6 Å². The van der Waals surface area contributed by atoms with Crippen LogP contribution in [0.4, 0.5) is 14.5 Å². The number of hydrogen-bond acceptors (Lipinski definition) is 3. The highest BCUT2D eigenvalue weighted by molar-refractivity contribution is 6.10. The van der Waals surface area contributed by atoms with Gasteiger partial charge in [-0.15, -0.1) is 0 Å². The number of carbonyl (C=O) groups is 2. The summed E-state index contributed by atoms with van der Waals surface area (Å²) in [6.07, 6.45) is 1.19. The highest BCUT2D eigenvalue weighted by Gasteiger charge is 2.25. The molecule has 0 aromatic heterocycles. The lowest BCUT2D eigenvalue weighted by molar-refractivity contribution is -0.116. The van der Waals surface area contributed by atoms with Gasteiger partial charge in [-0.3, -0.25) is 9.59 Å². The Bertz CT molecular complexity index is 1030. The maximum Gasteiger partial charge on any atom is 0.252 e. The Morgan fingerprint density at radius 2 is 1.81 bits per heavy atom. The fraction of sp³-hybridized carbons (Fsp3) is 0.200. The maximum absolute atomic E-state index is 14.6. The second-order valence-electron chi connectivity index (χ2n) is 6.07. The molecule has 0 unspecified atom stereocenters. The summed E-state index contributed by atoms with van der Waals surface area (Å²) in [6, 6.07) is 7.77. The second kappa shape index (κ2) is 7.57. The van der Waals surface area contributed by atoms with Crippen molar-refractivity contribution in [1.29, 1.82) is 0 Å². The summed E-state index contributed by atoms with van der Waals surface area (Å²) in [5, 5.41) is 2.17. The zero-order valence-electron chi connectivity index (χ0n) is 17.1. The quantitative estimate of drug-likeness (QED) is 0.839. The van der Waals surface area contributed by atoms with Gasteiger partial charge < -0.3 is 15.8 Å². The molecule has 0 spiro atoms. The summed E-state index contributed by atoms with van der Waals surface area (Å²) in [5.41, 5.74) is 5.32. The lowest BCUT2D eigenvalue weighted by atomic mass is 10.0. The minimum absolute atomic E-state index is 0.0119. The molecule has 1 aliphatic carbocycles. The van der Waals surface area contributed by atoms with Gasteiger partial charge in [-0.25, -0.2) is 8.78 Å². The third-order valence-corrected chi connectivity index (χ3v) is 4.36. The summed E-state index contributed by atoms with van der Waals surface area (Å²) in [4.78, 5) is 23.8. The number of carbonyl (C=O) groups excluding carboxylic acids is 2. The number of benzene rings is 2. The van der Waals surface area contributed by atoms with Crippen molar-refractivity contribution in [3.63, 3.8) is 0 Å². The molecule has 2 aromatic carbocycles. The molecule has 3 rings (SSSR count). The average Bonchev–Trinajstić information content (AvgIpc) is 3.13. The molecule has 0 radical (unpaired) electrons. The first-order valence-corrected chi connectivity index (χ1v) is 8.17. The van der Waals surface area contributed by atoms with Crippen LogP contribution in [0.15, 0.2) is 47.5 Å². The smallest absolute Gasteiger partial charge is 0.252 e. The molecule has 0 heterocycles. The van der Waals surface area contributed by atoms with Crippen molar-refractivity contribution in [1.82, 2.24) is 0 Å². The van der Waals surface area contributed by atoms with Crippen molar-refractivity contribution in [3.8, 4) is 16.9 Å². The summed E-state index contributed by atoms with van der Waals surface area (Å²) >= 11 is 0. The van der Waals surface area contributed by atoms with Crippen LogP contribution < -0.4 is 15.8 Å². The van der Waals surface area contributed by atoms with E-state index >= 15 is 0 Å². The third-order valence-electron chi connectivity index (χ3n) is 4.36. The molecular formula is C20H18F2N2O3. The van der Waals surface area contributed by atoms with E-state index < -0.39 is 36.2 Å². The van der Waals surface area contributed by atoms with Crippen LogP contribution in [-0.4, -0.2) is 18.9 Å². The van der Waals surface area contributed by atoms with Gasteiger partial charge in [0.1, 0.15) is 23.1 Å². The van der Waals surface area contributed by atoms with E-state index in [-0.39, 0.29) is 22.5 Å². The molecule has 0 aliphatic heterocycles. The monoisotopic (exact) mass is 375 g/mol. The maximum atomic E-state index is 14.6. The molecule has 140 valence electrons. The van der Waals surface area contributed by atoms with Crippen molar-refractivity contribution in [2.75, 3.05) is 12.4 Å². The standard InChI is InChI=1S/C20H18F2N2O3/c1-27-13-5-2-4-11(8-13)12-9-16(21)18(17(22)10-12)24-20(26)15-7-3-6-14(15)19(23)25/h2,4-5,8-10H,3,6-7H2,1H3,(H2,23,25)(H,24,26)/i1D3. The molecule has 5 nitrogen and oxygen atoms in total. The number of ether oxygens (including phenoxy) is 1. The topological polar surface area (TPSA) is 81.4 Å². The second-order valence-corrected chi connectivity index (χ2v) is 6.07. The number of hydrogen-bond donors (Lipinski definition) is 2. The Labute approximate surface area is 159 Å². The summed E-state index contributed by atoms with van der Waals surface area (Å²) < 4.78 is 55.4. The largest absolute Gasteiger partial charge is 0.497 e. The molecule has 0 fully saturated rings. The van der Waals surface area contributed by atoms with Crippen molar-refractivity contribution < 1.29 is 27.2 Å². The lowest BCUT2D eigenvalue weighted by Gasteiger charge is -2.12. The van der Waals surface area contributed by atoms with Gasteiger partial charge in [0.25, 0.3) is 5.91 Å². The van der Waals surface area contributed by atoms with Crippen molar-refractivity contribution in [3.05, 3.63) is 59.2 Å². The summed E-state index contributed by atoms with van der Waals surface area (Å²) in [7, 11) is -2.66. The van der Waals surface area contributed by atoms with Gasteiger partial charge >= 0.3 is 0 Å². The van der Waals surface area contributed by atoms with Gasteiger partial charge in [0.15, 0.2) is 0 Å². The van der Waals surface area contributed by atoms with E-state index in [2.05, 4.69) is 5.32 Å². The average molecular weight is 375 g/mol. The fourth-order valence-corrected chi connectivity index (χ4v) is 3.05. The number of anilines is 1. The molecule has 2 aromatic rings. The zero-order valence-corrected chi connectivity index (χ0v) is 14.1. The van der Waals surface area contributed by atoms with Crippen LogP contribution in [0.1, 0.15) is 23.4 Å². The Balaban J connectivity index is 1.88. The Hall–Kier alpha value is -3.22. The van der Waals surface area contributed by atoms with E-state index in [9.17, 15) is 18.4 Å². The Kier molecular flexibility index (Phi) is 4.18. The lowest BCUT2D eigenvalue weighted by Crippen LogP contribution is -2.21. The van der Waals surface area contributed by atoms with E-state index in [1.807, 2.05) is 0 Å². The first-order valence-electron chi connectivity index (χ1n) is 9.67. The highest BCUT2D eigenvalue weighted by atomic mass is 19.1. The van der Waals surface area contributed by atoms with Crippen LogP contribution in [0, 0.1) is 11.6 Å². The number of rotatable bonds is 5. The minimum atomic E-state index is -2.66. The van der Waals surface area contributed by atoms with Crippen molar-refractivity contribution in [2.45, 2.75) is 19.3 Å². The van der Waals surface area contributed by atoms with Crippen LogP contribution >= 0.6 is 0 Å². The van der Waals surface area contributed by atoms with Gasteiger partial charge in [-0.05, 0) is 54.7 Å². The summed E-state index contributed by atoms with van der Waals surface area (Å²) in [5.74, 6) is -3.55. The van der Waals surface area contributed by atoms with Crippen LogP contribution in [0.5, 0.6) is 5.75 Å². The molecule has 0 saturated heterocycles. The first kappa shape index (κ1) is 14.9. The van der Waals surface area contributed by atoms with Gasteiger partial charge in [-0.2, -0.15) is 0 Å². The number of nitrogens with one attached hydrogen (secondary N) is 1. The van der Waals surface area contributed by atoms with Crippen LogP contribution in [0.2, 0.25) is 0 Å². The number of halogens is 2. The van der Waals surface area contributed by atoms with Crippen molar-refractivity contribution >= 4 is 17.5 Å². The van der Waals surface area contributed by atoms with Crippen LogP contribution in [0.3, 0.4) is 0 Å². The molecule has 0 saturated carbocycles. The predicted molar refractivity (Wildman–Crippen MR) is 97.0 cm³/mol. The van der Waals surface area contributed by atoms with E-state index in [1.54, 1.807) is 0 Å². The zero-order chi connectivity index (χ0) is 22.1. The summed E-state index contributed by atoms with van der Waals surface area (Å²) in [6.45, 7) is 0. The predicted octanol–water partition coefficient (Wildman–Crippen LogP) is 3.54. The number of methoxy groups -OCH3 is 1. The van der Waals surface area contributed by atoms with Gasteiger partial charge in [0, 0.05) is 11.1 Å². The molecule has 27 heavy (non-hydrogen) atoms. The van der Waals surface area contributed by atoms with Gasteiger partial charge in [0.05, 0.1) is 11.2 Å². The molecule has 0 bridgehead atoms. The molecule has 1 aliphatic rings. The number of amides is 2. The Morgan fingerprint density at radius 1 is 1.11 bits per heavy atom. The molecule has 3 N–H and O–H groups in total. The van der Waals surface area contributed by atoms with E-state index in [0.717, 1.165) is 12.1 Å². The molecular weight excluding hydrogens is 354 g/mol. The molecule has 0 atom stereocenters. The van der Waals surface area contributed by atoms with E-state index in [1.165, 1.54) is 24.3 Å². The van der Waals surface area contributed by atoms with Gasteiger partial charge in [0.2, 0.25) is 5.91 Å². The van der Waals surface area contributed by atoms with Crippen LogP contribution in [-0.2, 0) is 9.59 Å².